The normalized spacial score (nSPS) is 12.1. The van der Waals surface area contributed by atoms with Crippen LogP contribution in [0.15, 0.2) is 80.8 Å². The maximum absolute atomic E-state index is 12.2. The van der Waals surface area contributed by atoms with Gasteiger partial charge in [-0.25, -0.2) is 0 Å². The standard InChI is InChI=1S/C20H18O2S/c1-14-15(2)22-19(13-18(14)21)20(16-9-5-3-6-10-16)23-17-11-7-4-8-12-17/h3-13,20H,1-2H3. The number of thioether (sulfide) groups is 1. The third-order valence-electron chi connectivity index (χ3n) is 3.80. The summed E-state index contributed by atoms with van der Waals surface area (Å²) in [5.41, 5.74) is 1.82. The van der Waals surface area contributed by atoms with E-state index in [4.69, 9.17) is 4.42 Å². The molecule has 0 saturated heterocycles. The minimum absolute atomic E-state index is 0.0262. The van der Waals surface area contributed by atoms with Crippen molar-refractivity contribution in [2.24, 2.45) is 0 Å². The Kier molecular flexibility index (Phi) is 4.68. The highest BCUT2D eigenvalue weighted by Gasteiger charge is 2.20. The molecule has 0 radical (unpaired) electrons. The van der Waals surface area contributed by atoms with Crippen molar-refractivity contribution in [1.29, 1.82) is 0 Å². The minimum atomic E-state index is -0.0504. The molecule has 1 atom stereocenters. The van der Waals surface area contributed by atoms with Crippen molar-refractivity contribution >= 4 is 11.8 Å². The lowest BCUT2D eigenvalue weighted by Crippen LogP contribution is -2.09. The molecule has 1 aromatic heterocycles. The van der Waals surface area contributed by atoms with Crippen LogP contribution in [0.25, 0.3) is 0 Å². The Morgan fingerprint density at radius 2 is 1.52 bits per heavy atom. The quantitative estimate of drug-likeness (QED) is 0.623. The van der Waals surface area contributed by atoms with Crippen molar-refractivity contribution in [3.63, 3.8) is 0 Å². The summed E-state index contributed by atoms with van der Waals surface area (Å²) in [5, 5.41) is -0.0504. The first-order valence-electron chi connectivity index (χ1n) is 7.53. The monoisotopic (exact) mass is 322 g/mol. The summed E-state index contributed by atoms with van der Waals surface area (Å²) < 4.78 is 5.96. The Balaban J connectivity index is 2.07. The fraction of sp³-hybridized carbons (Fsp3) is 0.150. The molecule has 0 bridgehead atoms. The van der Waals surface area contributed by atoms with Crippen molar-refractivity contribution in [1.82, 2.24) is 0 Å². The van der Waals surface area contributed by atoms with Gasteiger partial charge in [-0.3, -0.25) is 4.79 Å². The Hall–Kier alpha value is -2.26. The summed E-state index contributed by atoms with van der Waals surface area (Å²) in [4.78, 5) is 13.3. The highest BCUT2D eigenvalue weighted by molar-refractivity contribution is 7.99. The molecule has 0 amide bonds. The van der Waals surface area contributed by atoms with Crippen LogP contribution >= 0.6 is 11.8 Å². The van der Waals surface area contributed by atoms with Gasteiger partial charge in [-0.15, -0.1) is 11.8 Å². The molecule has 2 aromatic carbocycles. The van der Waals surface area contributed by atoms with E-state index in [0.717, 1.165) is 10.5 Å². The van der Waals surface area contributed by atoms with E-state index in [1.54, 1.807) is 24.8 Å². The van der Waals surface area contributed by atoms with E-state index in [2.05, 4.69) is 24.3 Å². The zero-order chi connectivity index (χ0) is 16.2. The lowest BCUT2D eigenvalue weighted by atomic mass is 10.1. The smallest absolute Gasteiger partial charge is 0.188 e. The SMILES string of the molecule is Cc1oc(C(Sc2ccccc2)c2ccccc2)cc(=O)c1C. The molecule has 0 aliphatic carbocycles. The maximum atomic E-state index is 12.2. The van der Waals surface area contributed by atoms with Crippen molar-refractivity contribution in [3.8, 4) is 0 Å². The lowest BCUT2D eigenvalue weighted by molar-refractivity contribution is 0.466. The van der Waals surface area contributed by atoms with Crippen molar-refractivity contribution in [3.05, 3.63) is 99.6 Å². The highest BCUT2D eigenvalue weighted by Crippen LogP contribution is 2.40. The minimum Gasteiger partial charge on any atom is -0.464 e. The molecule has 0 saturated carbocycles. The topological polar surface area (TPSA) is 30.2 Å². The largest absolute Gasteiger partial charge is 0.464 e. The summed E-state index contributed by atoms with van der Waals surface area (Å²) in [5.74, 6) is 1.38. The van der Waals surface area contributed by atoms with Crippen LogP contribution in [-0.2, 0) is 0 Å². The summed E-state index contributed by atoms with van der Waals surface area (Å²) in [6.45, 7) is 3.64. The van der Waals surface area contributed by atoms with Gasteiger partial charge in [-0.2, -0.15) is 0 Å². The second-order valence-electron chi connectivity index (χ2n) is 5.42. The molecule has 23 heavy (non-hydrogen) atoms. The van der Waals surface area contributed by atoms with Gasteiger partial charge in [-0.05, 0) is 31.5 Å². The zero-order valence-corrected chi connectivity index (χ0v) is 14.0. The predicted octanol–water partition coefficient (Wildman–Crippen LogP) is 5.14. The van der Waals surface area contributed by atoms with Crippen LogP contribution in [0.1, 0.15) is 27.9 Å². The molecule has 116 valence electrons. The maximum Gasteiger partial charge on any atom is 0.188 e. The second-order valence-corrected chi connectivity index (χ2v) is 6.59. The van der Waals surface area contributed by atoms with Gasteiger partial charge in [0.15, 0.2) is 5.43 Å². The van der Waals surface area contributed by atoms with Gasteiger partial charge >= 0.3 is 0 Å². The molecule has 0 N–H and O–H groups in total. The van der Waals surface area contributed by atoms with E-state index in [-0.39, 0.29) is 10.7 Å². The number of benzene rings is 2. The molecule has 3 aromatic rings. The Morgan fingerprint density at radius 1 is 0.913 bits per heavy atom. The number of hydrogen-bond donors (Lipinski definition) is 0. The molecule has 0 aliphatic heterocycles. The number of aryl methyl sites for hydroxylation is 1. The van der Waals surface area contributed by atoms with Gasteiger partial charge < -0.3 is 4.42 Å². The Bertz CT molecular complexity index is 839. The Morgan fingerprint density at radius 3 is 2.13 bits per heavy atom. The average Bonchev–Trinajstić information content (AvgIpc) is 2.59. The first-order chi connectivity index (χ1) is 11.1. The van der Waals surface area contributed by atoms with E-state index in [1.165, 1.54) is 0 Å². The van der Waals surface area contributed by atoms with Crippen LogP contribution in [0.3, 0.4) is 0 Å². The van der Waals surface area contributed by atoms with Crippen LogP contribution in [0, 0.1) is 13.8 Å². The summed E-state index contributed by atoms with van der Waals surface area (Å²) >= 11 is 1.69. The van der Waals surface area contributed by atoms with Gasteiger partial charge in [0.25, 0.3) is 0 Å². The molecule has 1 unspecified atom stereocenters. The molecule has 1 heterocycles. The zero-order valence-electron chi connectivity index (χ0n) is 13.2. The van der Waals surface area contributed by atoms with E-state index in [1.807, 2.05) is 43.3 Å². The van der Waals surface area contributed by atoms with Crippen molar-refractivity contribution < 1.29 is 4.42 Å². The molecule has 0 spiro atoms. The molecular weight excluding hydrogens is 304 g/mol. The number of hydrogen-bond acceptors (Lipinski definition) is 3. The van der Waals surface area contributed by atoms with Crippen LogP contribution in [0.2, 0.25) is 0 Å². The lowest BCUT2D eigenvalue weighted by Gasteiger charge is -2.17. The van der Waals surface area contributed by atoms with E-state index in [9.17, 15) is 4.79 Å². The van der Waals surface area contributed by atoms with Gasteiger partial charge in [0.1, 0.15) is 11.5 Å². The fourth-order valence-corrected chi connectivity index (χ4v) is 3.49. The van der Waals surface area contributed by atoms with Gasteiger partial charge in [0, 0.05) is 16.5 Å². The summed E-state index contributed by atoms with van der Waals surface area (Å²) in [6, 6.07) is 21.9. The van der Waals surface area contributed by atoms with Gasteiger partial charge in [-0.1, -0.05) is 48.5 Å². The second kappa shape index (κ2) is 6.88. The third-order valence-corrected chi connectivity index (χ3v) is 5.08. The van der Waals surface area contributed by atoms with Gasteiger partial charge in [0.05, 0.1) is 5.25 Å². The fourth-order valence-electron chi connectivity index (χ4n) is 2.38. The molecular formula is C20H18O2S. The van der Waals surface area contributed by atoms with Gasteiger partial charge in [0.2, 0.25) is 0 Å². The molecule has 3 heteroatoms. The Labute approximate surface area is 140 Å². The van der Waals surface area contributed by atoms with E-state index >= 15 is 0 Å². The highest BCUT2D eigenvalue weighted by atomic mass is 32.2. The molecule has 0 fully saturated rings. The number of rotatable bonds is 4. The van der Waals surface area contributed by atoms with Crippen LogP contribution in [0.5, 0.6) is 0 Å². The molecule has 3 rings (SSSR count). The van der Waals surface area contributed by atoms with E-state index in [0.29, 0.717) is 17.1 Å². The van der Waals surface area contributed by atoms with Crippen LogP contribution < -0.4 is 5.43 Å². The van der Waals surface area contributed by atoms with E-state index < -0.39 is 0 Å². The molecule has 2 nitrogen and oxygen atoms in total. The predicted molar refractivity (Wildman–Crippen MR) is 95.0 cm³/mol. The third kappa shape index (κ3) is 3.57. The molecule has 0 aliphatic rings. The average molecular weight is 322 g/mol. The first-order valence-corrected chi connectivity index (χ1v) is 8.41. The first kappa shape index (κ1) is 15.6. The summed E-state index contributed by atoms with van der Waals surface area (Å²) in [6.07, 6.45) is 0. The summed E-state index contributed by atoms with van der Waals surface area (Å²) in [7, 11) is 0. The van der Waals surface area contributed by atoms with Crippen molar-refractivity contribution in [2.45, 2.75) is 24.0 Å². The van der Waals surface area contributed by atoms with Crippen LogP contribution in [-0.4, -0.2) is 0 Å². The van der Waals surface area contributed by atoms with Crippen molar-refractivity contribution in [2.75, 3.05) is 0 Å². The van der Waals surface area contributed by atoms with Crippen LogP contribution in [0.4, 0.5) is 0 Å².